The van der Waals surface area contributed by atoms with E-state index in [0.29, 0.717) is 31.9 Å². The van der Waals surface area contributed by atoms with Gasteiger partial charge < -0.3 is 10.2 Å². The quantitative estimate of drug-likeness (QED) is 0.718. The average molecular weight is 441 g/mol. The van der Waals surface area contributed by atoms with Gasteiger partial charge in [0.1, 0.15) is 5.82 Å². The Morgan fingerprint density at radius 1 is 0.938 bits per heavy atom. The summed E-state index contributed by atoms with van der Waals surface area (Å²) in [7, 11) is 0. The molecule has 2 amide bonds. The van der Waals surface area contributed by atoms with Crippen LogP contribution in [0.3, 0.4) is 0 Å². The highest BCUT2D eigenvalue weighted by Gasteiger charge is 2.29. The zero-order valence-electron chi connectivity index (χ0n) is 19.2. The highest BCUT2D eigenvalue weighted by molar-refractivity contribution is 5.92. The molecule has 0 aliphatic carbocycles. The highest BCUT2D eigenvalue weighted by Crippen LogP contribution is 2.18. The number of hydrogen-bond acceptors (Lipinski definition) is 4. The average Bonchev–Trinajstić information content (AvgIpc) is 2.73. The van der Waals surface area contributed by atoms with Crippen molar-refractivity contribution in [1.82, 2.24) is 14.7 Å². The Bertz CT molecular complexity index is 906. The summed E-state index contributed by atoms with van der Waals surface area (Å²) in [5, 5.41) is 2.73. The molecule has 1 aliphatic rings. The smallest absolute Gasteiger partial charge is 0.238 e. The van der Waals surface area contributed by atoms with Crippen LogP contribution >= 0.6 is 0 Å². The van der Waals surface area contributed by atoms with E-state index in [1.807, 2.05) is 35.2 Å². The second-order valence-corrected chi connectivity index (χ2v) is 9.25. The van der Waals surface area contributed by atoms with Crippen LogP contribution in [0.2, 0.25) is 0 Å². The number of halogens is 1. The molecular weight excluding hydrogens is 407 g/mol. The number of carbonyl (C=O) groups excluding carboxylic acids is 2. The molecule has 1 fully saturated rings. The predicted molar refractivity (Wildman–Crippen MR) is 125 cm³/mol. The molecule has 0 bridgehead atoms. The lowest BCUT2D eigenvalue weighted by atomic mass is 10.0. The minimum absolute atomic E-state index is 0.110. The molecule has 1 heterocycles. The van der Waals surface area contributed by atoms with E-state index in [4.69, 9.17) is 0 Å². The van der Waals surface area contributed by atoms with Crippen LogP contribution in [0.15, 0.2) is 54.6 Å². The normalized spacial score (nSPS) is 15.4. The number of nitrogens with zero attached hydrogens (tertiary/aromatic N) is 3. The second-order valence-electron chi connectivity index (χ2n) is 9.25. The Morgan fingerprint density at radius 2 is 1.56 bits per heavy atom. The number of amides is 2. The summed E-state index contributed by atoms with van der Waals surface area (Å²) in [6, 6.07) is 15.9. The Labute approximate surface area is 190 Å². The van der Waals surface area contributed by atoms with Crippen molar-refractivity contribution in [2.75, 3.05) is 44.6 Å². The molecule has 7 heteroatoms. The Hall–Kier alpha value is -2.77. The van der Waals surface area contributed by atoms with Gasteiger partial charge in [0.15, 0.2) is 0 Å². The van der Waals surface area contributed by atoms with Crippen molar-refractivity contribution in [3.63, 3.8) is 0 Å². The minimum atomic E-state index is -0.377. The first-order valence-electron chi connectivity index (χ1n) is 11.1. The molecule has 0 unspecified atom stereocenters. The minimum Gasteiger partial charge on any atom is -0.332 e. The van der Waals surface area contributed by atoms with Gasteiger partial charge in [-0.25, -0.2) is 4.39 Å². The van der Waals surface area contributed by atoms with Gasteiger partial charge in [0.05, 0.1) is 13.1 Å². The topological polar surface area (TPSA) is 55.9 Å². The Morgan fingerprint density at radius 3 is 2.16 bits per heavy atom. The Balaban J connectivity index is 1.47. The van der Waals surface area contributed by atoms with Crippen molar-refractivity contribution < 1.29 is 14.0 Å². The van der Waals surface area contributed by atoms with Gasteiger partial charge in [-0.3, -0.25) is 19.4 Å². The molecule has 0 saturated carbocycles. The first-order chi connectivity index (χ1) is 15.2. The maximum Gasteiger partial charge on any atom is 0.238 e. The summed E-state index contributed by atoms with van der Waals surface area (Å²) >= 11 is 0. The van der Waals surface area contributed by atoms with Crippen LogP contribution in [0.25, 0.3) is 0 Å². The molecular formula is C25H33FN4O2. The van der Waals surface area contributed by atoms with E-state index in [9.17, 15) is 14.0 Å². The molecule has 0 atom stereocenters. The van der Waals surface area contributed by atoms with Crippen molar-refractivity contribution in [2.45, 2.75) is 32.9 Å². The van der Waals surface area contributed by atoms with Gasteiger partial charge in [-0.05, 0) is 44.5 Å². The summed E-state index contributed by atoms with van der Waals surface area (Å²) in [6.45, 7) is 10.2. The van der Waals surface area contributed by atoms with Crippen LogP contribution in [0.1, 0.15) is 26.3 Å². The number of hydrogen-bond donors (Lipinski definition) is 1. The maximum atomic E-state index is 13.3. The standard InChI is InChI=1S/C25H33FN4O2/c1-25(2,3)30(17-20-8-5-4-6-9-20)24(32)19-29-14-12-28(13-15-29)18-23(31)27-22-11-7-10-21(26)16-22/h4-11,16H,12-15,17-19H2,1-3H3,(H,27,31). The van der Waals surface area contributed by atoms with Crippen molar-refractivity contribution in [2.24, 2.45) is 0 Å². The van der Waals surface area contributed by atoms with Crippen LogP contribution in [0, 0.1) is 5.82 Å². The third-order valence-corrected chi connectivity index (χ3v) is 5.59. The van der Waals surface area contributed by atoms with Gasteiger partial charge in [0.2, 0.25) is 11.8 Å². The lowest BCUT2D eigenvalue weighted by Gasteiger charge is -2.39. The fraction of sp³-hybridized carbons (Fsp3) is 0.440. The molecule has 3 rings (SSSR count). The molecule has 0 aromatic heterocycles. The molecule has 172 valence electrons. The lowest BCUT2D eigenvalue weighted by molar-refractivity contribution is -0.138. The first kappa shape index (κ1) is 23.9. The van der Waals surface area contributed by atoms with E-state index >= 15 is 0 Å². The van der Waals surface area contributed by atoms with Crippen molar-refractivity contribution in [3.05, 3.63) is 66.0 Å². The number of piperazine rings is 1. The van der Waals surface area contributed by atoms with Crippen LogP contribution < -0.4 is 5.32 Å². The number of rotatable bonds is 7. The largest absolute Gasteiger partial charge is 0.332 e. The second kappa shape index (κ2) is 10.7. The summed E-state index contributed by atoms with van der Waals surface area (Å²) in [6.07, 6.45) is 0. The fourth-order valence-electron chi connectivity index (χ4n) is 3.82. The van der Waals surface area contributed by atoms with Crippen molar-refractivity contribution in [3.8, 4) is 0 Å². The number of anilines is 1. The van der Waals surface area contributed by atoms with E-state index in [0.717, 1.165) is 18.7 Å². The predicted octanol–water partition coefficient (Wildman–Crippen LogP) is 3.21. The third kappa shape index (κ3) is 7.14. The SMILES string of the molecule is CC(C)(C)N(Cc1ccccc1)C(=O)CN1CCN(CC(=O)Nc2cccc(F)c2)CC1. The summed E-state index contributed by atoms with van der Waals surface area (Å²) in [4.78, 5) is 31.5. The fourth-order valence-corrected chi connectivity index (χ4v) is 3.82. The van der Waals surface area contributed by atoms with E-state index in [2.05, 4.69) is 35.9 Å². The van der Waals surface area contributed by atoms with Gasteiger partial charge in [0, 0.05) is 44.0 Å². The molecule has 1 saturated heterocycles. The summed E-state index contributed by atoms with van der Waals surface area (Å²) in [5.74, 6) is -0.432. The molecule has 0 radical (unpaired) electrons. The van der Waals surface area contributed by atoms with Crippen molar-refractivity contribution in [1.29, 1.82) is 0 Å². The first-order valence-corrected chi connectivity index (χ1v) is 11.1. The van der Waals surface area contributed by atoms with Gasteiger partial charge >= 0.3 is 0 Å². The zero-order valence-corrected chi connectivity index (χ0v) is 19.2. The highest BCUT2D eigenvalue weighted by atomic mass is 19.1. The number of benzene rings is 2. The summed E-state index contributed by atoms with van der Waals surface area (Å²) in [5.41, 5.74) is 1.30. The van der Waals surface area contributed by atoms with E-state index in [-0.39, 0.29) is 29.7 Å². The maximum absolute atomic E-state index is 13.3. The van der Waals surface area contributed by atoms with Gasteiger partial charge in [-0.1, -0.05) is 36.4 Å². The molecule has 0 spiro atoms. The molecule has 6 nitrogen and oxygen atoms in total. The summed E-state index contributed by atoms with van der Waals surface area (Å²) < 4.78 is 13.3. The molecule has 2 aromatic rings. The Kier molecular flexibility index (Phi) is 7.99. The molecule has 1 aliphatic heterocycles. The van der Waals surface area contributed by atoms with Crippen LogP contribution in [0.5, 0.6) is 0 Å². The third-order valence-electron chi connectivity index (χ3n) is 5.59. The monoisotopic (exact) mass is 440 g/mol. The number of nitrogens with one attached hydrogen (secondary N) is 1. The van der Waals surface area contributed by atoms with Crippen LogP contribution in [0.4, 0.5) is 10.1 Å². The van der Waals surface area contributed by atoms with Gasteiger partial charge in [-0.2, -0.15) is 0 Å². The van der Waals surface area contributed by atoms with E-state index in [1.54, 1.807) is 12.1 Å². The molecule has 1 N–H and O–H groups in total. The number of carbonyl (C=O) groups is 2. The van der Waals surface area contributed by atoms with E-state index < -0.39 is 0 Å². The van der Waals surface area contributed by atoms with Crippen molar-refractivity contribution >= 4 is 17.5 Å². The van der Waals surface area contributed by atoms with E-state index in [1.165, 1.54) is 12.1 Å². The van der Waals surface area contributed by atoms with Gasteiger partial charge in [-0.15, -0.1) is 0 Å². The lowest BCUT2D eigenvalue weighted by Crippen LogP contribution is -2.53. The molecule has 32 heavy (non-hydrogen) atoms. The van der Waals surface area contributed by atoms with Crippen LogP contribution in [-0.4, -0.2) is 71.3 Å². The molecule has 2 aromatic carbocycles. The van der Waals surface area contributed by atoms with Gasteiger partial charge in [0.25, 0.3) is 0 Å². The van der Waals surface area contributed by atoms with Crippen LogP contribution in [-0.2, 0) is 16.1 Å². The zero-order chi connectivity index (χ0) is 23.1.